The van der Waals surface area contributed by atoms with E-state index in [2.05, 4.69) is 0 Å². The van der Waals surface area contributed by atoms with E-state index in [0.717, 1.165) is 0 Å². The zero-order valence-corrected chi connectivity index (χ0v) is 10.9. The Morgan fingerprint density at radius 3 is 1.94 bits per heavy atom. The second-order valence-electron chi connectivity index (χ2n) is 3.57. The average Bonchev–Trinajstić information content (AvgIpc) is 2.33. The van der Waals surface area contributed by atoms with Crippen LogP contribution in [0.3, 0.4) is 0 Å². The van der Waals surface area contributed by atoms with E-state index in [-0.39, 0.29) is 34.5 Å². The molecule has 0 N–H and O–H groups in total. The molecule has 2 nitrogen and oxygen atoms in total. The fraction of sp³-hybridized carbons (Fsp3) is 0.167. The van der Waals surface area contributed by atoms with E-state index < -0.39 is 0 Å². The van der Waals surface area contributed by atoms with Gasteiger partial charge in [0, 0.05) is 27.3 Å². The summed E-state index contributed by atoms with van der Waals surface area (Å²) in [6.07, 6.45) is 0. The monoisotopic (exact) mass is 288 g/mol. The Balaban J connectivity index is 2.68. The number of carbonyl (C=O) groups is 2. The van der Waals surface area contributed by atoms with E-state index in [0.29, 0.717) is 16.1 Å². The lowest BCUT2D eigenvalue weighted by atomic mass is 9.85. The molecule has 0 bridgehead atoms. The van der Waals surface area contributed by atoms with Crippen LogP contribution in [0, 0.1) is 0 Å². The van der Waals surface area contributed by atoms with Crippen LogP contribution in [0.5, 0.6) is 0 Å². The molecule has 1 aliphatic carbocycles. The highest BCUT2D eigenvalue weighted by molar-refractivity contribution is 6.36. The minimum Gasteiger partial charge on any atom is -0.289 e. The molecular formula is C12H7Cl3O2. The number of benzene rings is 1. The average molecular weight is 290 g/mol. The van der Waals surface area contributed by atoms with Crippen LogP contribution in [0.15, 0.2) is 29.3 Å². The predicted octanol–water partition coefficient (Wildman–Crippen LogP) is 3.49. The van der Waals surface area contributed by atoms with Crippen LogP contribution in [0.2, 0.25) is 5.02 Å². The number of halogens is 3. The third kappa shape index (κ3) is 2.01. The maximum absolute atomic E-state index is 12.1. The molecule has 0 aromatic heterocycles. The standard InChI is InChI=1S/C12H7Cl3O2/c13-4-9-10(5-14)12(17)8-3-6(15)1-2-7(8)11(9)16/h1-3H,4-5H2. The van der Waals surface area contributed by atoms with Gasteiger partial charge in [0.25, 0.3) is 0 Å². The molecule has 0 saturated heterocycles. The maximum Gasteiger partial charge on any atom is 0.191 e. The summed E-state index contributed by atoms with van der Waals surface area (Å²) in [6.45, 7) is 0. The van der Waals surface area contributed by atoms with E-state index in [9.17, 15) is 9.59 Å². The predicted molar refractivity (Wildman–Crippen MR) is 68.6 cm³/mol. The molecule has 1 aromatic rings. The molecule has 17 heavy (non-hydrogen) atoms. The Morgan fingerprint density at radius 1 is 0.882 bits per heavy atom. The van der Waals surface area contributed by atoms with E-state index in [1.807, 2.05) is 0 Å². The van der Waals surface area contributed by atoms with Gasteiger partial charge in [0.15, 0.2) is 11.6 Å². The molecule has 0 aliphatic heterocycles. The fourth-order valence-electron chi connectivity index (χ4n) is 1.78. The first-order valence-corrected chi connectivity index (χ1v) is 6.27. The summed E-state index contributed by atoms with van der Waals surface area (Å²) in [5.41, 5.74) is 1.18. The van der Waals surface area contributed by atoms with Crippen LogP contribution in [0.4, 0.5) is 0 Å². The smallest absolute Gasteiger partial charge is 0.191 e. The van der Waals surface area contributed by atoms with Crippen molar-refractivity contribution in [3.8, 4) is 0 Å². The van der Waals surface area contributed by atoms with Gasteiger partial charge in [-0.3, -0.25) is 9.59 Å². The molecule has 0 fully saturated rings. The SMILES string of the molecule is O=C1C(CCl)=C(CCl)C(=O)c2cc(Cl)ccc21. The first-order chi connectivity index (χ1) is 8.10. The first-order valence-electron chi connectivity index (χ1n) is 4.83. The summed E-state index contributed by atoms with van der Waals surface area (Å²) in [7, 11) is 0. The van der Waals surface area contributed by atoms with E-state index in [1.54, 1.807) is 6.07 Å². The summed E-state index contributed by atoms with van der Waals surface area (Å²) in [6, 6.07) is 4.59. The number of rotatable bonds is 2. The molecule has 0 atom stereocenters. The number of allylic oxidation sites excluding steroid dienone is 2. The summed E-state index contributed by atoms with van der Waals surface area (Å²) in [5, 5.41) is 0.410. The highest BCUT2D eigenvalue weighted by Gasteiger charge is 2.31. The van der Waals surface area contributed by atoms with Gasteiger partial charge in [-0.25, -0.2) is 0 Å². The van der Waals surface area contributed by atoms with Crippen molar-refractivity contribution in [1.29, 1.82) is 0 Å². The van der Waals surface area contributed by atoms with Crippen LogP contribution >= 0.6 is 34.8 Å². The summed E-state index contributed by atoms with van der Waals surface area (Å²) >= 11 is 17.2. The van der Waals surface area contributed by atoms with E-state index in [4.69, 9.17) is 34.8 Å². The lowest BCUT2D eigenvalue weighted by Crippen LogP contribution is -2.23. The van der Waals surface area contributed by atoms with Gasteiger partial charge in [0.05, 0.1) is 11.8 Å². The molecule has 0 amide bonds. The molecule has 0 saturated carbocycles. The van der Waals surface area contributed by atoms with Crippen LogP contribution < -0.4 is 0 Å². The summed E-state index contributed by atoms with van der Waals surface area (Å²) in [5.74, 6) is -0.567. The Labute approximate surface area is 113 Å². The van der Waals surface area contributed by atoms with Crippen molar-refractivity contribution in [3.63, 3.8) is 0 Å². The number of alkyl halides is 2. The van der Waals surface area contributed by atoms with Gasteiger partial charge in [-0.2, -0.15) is 0 Å². The van der Waals surface area contributed by atoms with Crippen LogP contribution in [0.1, 0.15) is 20.7 Å². The van der Waals surface area contributed by atoms with Gasteiger partial charge in [-0.1, -0.05) is 11.6 Å². The Morgan fingerprint density at radius 2 is 1.41 bits per heavy atom. The van der Waals surface area contributed by atoms with E-state index in [1.165, 1.54) is 12.1 Å². The molecule has 2 rings (SSSR count). The number of fused-ring (bicyclic) bond motifs is 1. The van der Waals surface area contributed by atoms with Crippen molar-refractivity contribution < 1.29 is 9.59 Å². The van der Waals surface area contributed by atoms with Gasteiger partial charge in [0.2, 0.25) is 0 Å². The Kier molecular flexibility index (Phi) is 3.57. The highest BCUT2D eigenvalue weighted by Crippen LogP contribution is 2.29. The van der Waals surface area contributed by atoms with Crippen LogP contribution in [-0.4, -0.2) is 23.3 Å². The zero-order valence-electron chi connectivity index (χ0n) is 8.60. The topological polar surface area (TPSA) is 34.1 Å². The quantitative estimate of drug-likeness (QED) is 0.781. The number of Topliss-reactive ketones (excluding diaryl/α,β-unsaturated/α-hetero) is 2. The van der Waals surface area contributed by atoms with Crippen molar-refractivity contribution in [2.24, 2.45) is 0 Å². The van der Waals surface area contributed by atoms with Crippen LogP contribution in [0.25, 0.3) is 0 Å². The maximum atomic E-state index is 12.1. The minimum absolute atomic E-state index is 0.0192. The number of carbonyl (C=O) groups excluding carboxylic acids is 2. The van der Waals surface area contributed by atoms with Gasteiger partial charge >= 0.3 is 0 Å². The molecule has 1 aliphatic rings. The number of hydrogen-bond acceptors (Lipinski definition) is 2. The van der Waals surface area contributed by atoms with Crippen molar-refractivity contribution in [2.45, 2.75) is 0 Å². The van der Waals surface area contributed by atoms with Gasteiger partial charge in [0.1, 0.15) is 0 Å². The first kappa shape index (κ1) is 12.6. The molecule has 0 heterocycles. The van der Waals surface area contributed by atoms with Crippen molar-refractivity contribution in [3.05, 3.63) is 45.5 Å². The molecular weight excluding hydrogens is 282 g/mol. The zero-order chi connectivity index (χ0) is 12.6. The molecule has 0 radical (unpaired) electrons. The minimum atomic E-state index is -0.271. The second kappa shape index (κ2) is 4.81. The third-order valence-electron chi connectivity index (χ3n) is 2.65. The van der Waals surface area contributed by atoms with Gasteiger partial charge in [-0.05, 0) is 18.2 Å². The fourth-order valence-corrected chi connectivity index (χ4v) is 2.52. The molecule has 5 heteroatoms. The summed E-state index contributed by atoms with van der Waals surface area (Å²) < 4.78 is 0. The Hall–Kier alpha value is -0.830. The molecule has 88 valence electrons. The van der Waals surface area contributed by atoms with Crippen LogP contribution in [-0.2, 0) is 0 Å². The molecule has 0 spiro atoms. The van der Waals surface area contributed by atoms with Crippen molar-refractivity contribution in [1.82, 2.24) is 0 Å². The number of hydrogen-bond donors (Lipinski definition) is 0. The highest BCUT2D eigenvalue weighted by atomic mass is 35.5. The van der Waals surface area contributed by atoms with Gasteiger partial charge < -0.3 is 0 Å². The van der Waals surface area contributed by atoms with Crippen molar-refractivity contribution in [2.75, 3.05) is 11.8 Å². The van der Waals surface area contributed by atoms with E-state index >= 15 is 0 Å². The lowest BCUT2D eigenvalue weighted by molar-refractivity contribution is 0.0975. The second-order valence-corrected chi connectivity index (χ2v) is 4.54. The normalized spacial score (nSPS) is 15.2. The van der Waals surface area contributed by atoms with Crippen molar-refractivity contribution >= 4 is 46.4 Å². The Bertz CT molecular complexity index is 547. The lowest BCUT2D eigenvalue weighted by Gasteiger charge is -2.18. The largest absolute Gasteiger partial charge is 0.289 e. The number of ketones is 2. The van der Waals surface area contributed by atoms with Gasteiger partial charge in [-0.15, -0.1) is 23.2 Å². The molecule has 0 unspecified atom stereocenters. The summed E-state index contributed by atoms with van der Waals surface area (Å²) in [4.78, 5) is 24.2. The third-order valence-corrected chi connectivity index (χ3v) is 3.42. The molecule has 1 aromatic carbocycles.